The van der Waals surface area contributed by atoms with Crippen LogP contribution in [0, 0.1) is 0 Å². The van der Waals surface area contributed by atoms with E-state index in [4.69, 9.17) is 0 Å². The molecule has 0 nitrogen and oxygen atoms in total. The molecule has 0 aromatic heterocycles. The quantitative estimate of drug-likeness (QED) is 0.402. The molecule has 0 heterocycles. The van der Waals surface area contributed by atoms with Crippen molar-refractivity contribution < 1.29 is 18.3 Å². The molecule has 4 heavy (non-hydrogen) atoms. The third-order valence-electron chi connectivity index (χ3n) is 0. The van der Waals surface area contributed by atoms with Gasteiger partial charge in [-0.25, -0.2) is 0 Å². The van der Waals surface area contributed by atoms with Crippen molar-refractivity contribution in [2.24, 2.45) is 0 Å². The molecule has 29 valence electrons. The van der Waals surface area contributed by atoms with Gasteiger partial charge in [-0.1, -0.05) is 0 Å². The molecule has 4 heteroatoms. The van der Waals surface area contributed by atoms with Crippen LogP contribution in [0.3, 0.4) is 0 Å². The molecule has 0 aromatic rings. The first-order chi connectivity index (χ1) is 1.00. The van der Waals surface area contributed by atoms with Crippen molar-refractivity contribution in [1.29, 1.82) is 0 Å². The molecule has 0 aliphatic carbocycles. The Morgan fingerprint density at radius 1 is 1.25 bits per heavy atom. The number of hydrogen-bond acceptors (Lipinski definition) is 0. The topological polar surface area (TPSA) is 0 Å². The zero-order valence-electron chi connectivity index (χ0n) is 0.710. The van der Waals surface area contributed by atoms with E-state index in [1.165, 1.54) is 0 Å². The van der Waals surface area contributed by atoms with Crippen LogP contribution in [0.5, 0.6) is 0 Å². The molecule has 0 amide bonds. The minimum atomic E-state index is 0. The van der Waals surface area contributed by atoms with Crippen LogP contribution in [0.2, 0.25) is 0 Å². The van der Waals surface area contributed by atoms with Gasteiger partial charge in [0.05, 0.1) is 0 Å². The van der Waals surface area contributed by atoms with Crippen molar-refractivity contribution in [2.45, 2.75) is 0 Å². The molecule has 0 unspecified atom stereocenters. The third kappa shape index (κ3) is 8.84. The Morgan fingerprint density at radius 3 is 1.25 bits per heavy atom. The van der Waals surface area contributed by atoms with Gasteiger partial charge in [-0.3, -0.25) is 0 Å². The molecule has 0 spiro atoms. The predicted octanol–water partition coefficient (Wildman–Crippen LogP) is -2.75. The van der Waals surface area contributed by atoms with E-state index >= 15 is 0 Å². The maximum absolute atomic E-state index is 2.82. The average Bonchev–Trinajstić information content (AvgIpc) is 1.00. The molecule has 0 atom stereocenters. The van der Waals surface area contributed by atoms with Crippen molar-refractivity contribution in [3.8, 4) is 0 Å². The Labute approximate surface area is 75.1 Å². The Bertz CT molecular complexity index is 8.00. The predicted molar refractivity (Wildman–Crippen MR) is 25.6 cm³/mol. The van der Waals surface area contributed by atoms with Crippen LogP contribution >= 0.6 is 0 Å². The van der Waals surface area contributed by atoms with Crippen molar-refractivity contribution >= 4 is 58.2 Å². The molecule has 0 saturated heterocycles. The Hall–Kier alpha value is 2.77. The van der Waals surface area contributed by atoms with Crippen molar-refractivity contribution in [3.63, 3.8) is 0 Å². The van der Waals surface area contributed by atoms with Gasteiger partial charge < -0.3 is 0 Å². The van der Waals surface area contributed by atoms with E-state index in [2.05, 4.69) is 30.9 Å². The zero-order chi connectivity index (χ0) is 2.00. The van der Waals surface area contributed by atoms with Gasteiger partial charge in [-0.15, -0.1) is 0 Å². The van der Waals surface area contributed by atoms with Gasteiger partial charge in [0.2, 0.25) is 0 Å². The van der Waals surface area contributed by atoms with Gasteiger partial charge in [-0.2, -0.15) is 0 Å². The van der Waals surface area contributed by atoms with Crippen LogP contribution in [0.25, 0.3) is 0 Å². The van der Waals surface area contributed by atoms with Crippen molar-refractivity contribution in [1.82, 2.24) is 0 Å². The number of rotatable bonds is 0. The van der Waals surface area contributed by atoms with Gasteiger partial charge in [-0.05, 0) is 0 Å². The molecular formula is H6AgGaInSe. The van der Waals surface area contributed by atoms with Crippen LogP contribution in [0.15, 0.2) is 0 Å². The summed E-state index contributed by atoms with van der Waals surface area (Å²) in [4.78, 5) is 0. The molecule has 0 aromatic carbocycles. The van der Waals surface area contributed by atoms with E-state index in [0.717, 1.165) is 0 Å². The summed E-state index contributed by atoms with van der Waals surface area (Å²) in [6, 6.07) is 0. The van der Waals surface area contributed by atoms with E-state index in [1.54, 1.807) is 0 Å². The van der Waals surface area contributed by atoms with E-state index in [9.17, 15) is 0 Å². The summed E-state index contributed by atoms with van der Waals surface area (Å²) in [6.45, 7) is 0. The molecule has 0 aliphatic rings. The zero-order valence-corrected chi connectivity index (χ0v) is 3.91. The van der Waals surface area contributed by atoms with Gasteiger partial charge in [0.25, 0.3) is 0 Å². The SMILES string of the molecule is [GaH3].[InH3].[Se]=[Ag]. The molecule has 0 bridgehead atoms. The summed E-state index contributed by atoms with van der Waals surface area (Å²) in [5.74, 6) is 0. The summed E-state index contributed by atoms with van der Waals surface area (Å²) in [7, 11) is 0. The van der Waals surface area contributed by atoms with E-state index in [0.29, 0.717) is 0 Å². The first kappa shape index (κ1) is 15.9. The Balaban J connectivity index is -0.00000000500. The van der Waals surface area contributed by atoms with Crippen LogP contribution in [0.4, 0.5) is 0 Å². The maximum atomic E-state index is 2.82. The van der Waals surface area contributed by atoms with Gasteiger partial charge in [0.1, 0.15) is 0 Å². The Morgan fingerprint density at radius 2 is 1.25 bits per heavy atom. The Kier molecular flexibility index (Phi) is 67.9. The van der Waals surface area contributed by atoms with Crippen LogP contribution in [-0.4, -0.2) is 58.2 Å². The fourth-order valence-electron chi connectivity index (χ4n) is 0. The molecule has 0 aliphatic heterocycles. The van der Waals surface area contributed by atoms with Gasteiger partial charge in [0, 0.05) is 0 Å². The summed E-state index contributed by atoms with van der Waals surface area (Å²) in [5.41, 5.74) is 0. The molecule has 0 fully saturated rings. The van der Waals surface area contributed by atoms with Crippen molar-refractivity contribution in [2.75, 3.05) is 0 Å². The standard InChI is InChI=1S/Ag.Ga.In.Se.6H. The molecular weight excluding hydrogens is 371 g/mol. The van der Waals surface area contributed by atoms with Crippen molar-refractivity contribution in [3.05, 3.63) is 0 Å². The van der Waals surface area contributed by atoms with E-state index < -0.39 is 0 Å². The average molecular weight is 377 g/mol. The van der Waals surface area contributed by atoms with Gasteiger partial charge >= 0.3 is 76.5 Å². The summed E-state index contributed by atoms with van der Waals surface area (Å²) in [5, 5.41) is 0. The van der Waals surface area contributed by atoms with Gasteiger partial charge in [0.15, 0.2) is 0 Å². The second-order valence-electron chi connectivity index (χ2n) is 0. The third-order valence-corrected chi connectivity index (χ3v) is 0. The van der Waals surface area contributed by atoms with Crippen LogP contribution in [-0.2, 0) is 18.3 Å². The normalized spacial score (nSPS) is 1.50. The summed E-state index contributed by atoms with van der Waals surface area (Å²) >= 11 is 5.26. The molecule has 0 rings (SSSR count). The first-order valence-electron chi connectivity index (χ1n) is 0.123. The summed E-state index contributed by atoms with van der Waals surface area (Å²) in [6.07, 6.45) is 0. The van der Waals surface area contributed by atoms with E-state index in [1.807, 2.05) is 0 Å². The second-order valence-corrected chi connectivity index (χ2v) is 0. The second kappa shape index (κ2) is 17.1. The minimum absolute atomic E-state index is 0. The number of hydrogen-bond donors (Lipinski definition) is 0. The molecule has 0 saturated carbocycles. The fraction of sp³-hybridized carbons (Fsp3) is 0. The monoisotopic (exact) mass is 377 g/mol. The summed E-state index contributed by atoms with van der Waals surface area (Å²) < 4.78 is 0. The van der Waals surface area contributed by atoms with Crippen LogP contribution < -0.4 is 0 Å². The van der Waals surface area contributed by atoms with E-state index in [-0.39, 0.29) is 45.6 Å². The fourth-order valence-corrected chi connectivity index (χ4v) is 0. The molecule has 0 N–H and O–H groups in total. The first-order valence-corrected chi connectivity index (χ1v) is 3.78. The molecule has 0 radical (unpaired) electrons. The van der Waals surface area contributed by atoms with Crippen LogP contribution in [0.1, 0.15) is 0 Å².